The van der Waals surface area contributed by atoms with Crippen LogP contribution in [0.1, 0.15) is 25.8 Å². The molecule has 4 nitrogen and oxygen atoms in total. The molecule has 0 saturated heterocycles. The Morgan fingerprint density at radius 2 is 2.00 bits per heavy atom. The fourth-order valence-corrected chi connectivity index (χ4v) is 2.71. The molecule has 0 fully saturated rings. The van der Waals surface area contributed by atoms with Crippen molar-refractivity contribution in [2.24, 2.45) is 0 Å². The highest BCUT2D eigenvalue weighted by molar-refractivity contribution is 7.21. The number of nitrogens with zero attached hydrogens (tertiary/aromatic N) is 1. The van der Waals surface area contributed by atoms with Crippen LogP contribution in [0.2, 0.25) is 18.1 Å². The van der Waals surface area contributed by atoms with E-state index in [-0.39, 0.29) is 5.04 Å². The van der Waals surface area contributed by atoms with Crippen LogP contribution in [0, 0.1) is 0 Å². The Hall–Kier alpha value is -0.208. The van der Waals surface area contributed by atoms with Crippen molar-refractivity contribution >= 4 is 31.5 Å². The Morgan fingerprint density at radius 1 is 1.41 bits per heavy atom. The molecule has 0 spiro atoms. The van der Waals surface area contributed by atoms with Gasteiger partial charge in [0, 0.05) is 6.20 Å². The zero-order valence-corrected chi connectivity index (χ0v) is 12.8. The van der Waals surface area contributed by atoms with Gasteiger partial charge in [0.25, 0.3) is 0 Å². The third-order valence-electron chi connectivity index (χ3n) is 3.19. The summed E-state index contributed by atoms with van der Waals surface area (Å²) in [7, 11) is -3.20. The van der Waals surface area contributed by atoms with Gasteiger partial charge in [-0.25, -0.2) is 4.98 Å². The second-order valence-corrected chi connectivity index (χ2v) is 11.5. The fraction of sp³-hybridized carbons (Fsp3) is 0.700. The van der Waals surface area contributed by atoms with Crippen LogP contribution in [0.25, 0.3) is 0 Å². The normalized spacial score (nSPS) is 12.9. The van der Waals surface area contributed by atoms with E-state index in [9.17, 15) is 0 Å². The smallest absolute Gasteiger partial charge is 0.423 e. The van der Waals surface area contributed by atoms with Crippen molar-refractivity contribution in [3.8, 4) is 0 Å². The number of aromatic nitrogens is 1. The van der Waals surface area contributed by atoms with Crippen LogP contribution in [-0.4, -0.2) is 30.5 Å². The van der Waals surface area contributed by atoms with E-state index in [2.05, 4.69) is 38.8 Å². The van der Waals surface area contributed by atoms with Crippen molar-refractivity contribution in [2.45, 2.75) is 45.5 Å². The first kappa shape index (κ1) is 14.9. The maximum atomic E-state index is 8.99. The van der Waals surface area contributed by atoms with Crippen molar-refractivity contribution < 1.29 is 14.5 Å². The maximum absolute atomic E-state index is 8.99. The lowest BCUT2D eigenvalue weighted by atomic mass is 9.91. The molecule has 0 bridgehead atoms. The van der Waals surface area contributed by atoms with E-state index in [0.717, 1.165) is 5.01 Å². The first-order valence-corrected chi connectivity index (χ1v) is 9.30. The van der Waals surface area contributed by atoms with Gasteiger partial charge in [-0.15, -0.1) is 11.3 Å². The van der Waals surface area contributed by atoms with Crippen molar-refractivity contribution in [3.63, 3.8) is 0 Å². The molecule has 0 aliphatic carbocycles. The number of thiazole rings is 1. The molecule has 0 unspecified atom stereocenters. The van der Waals surface area contributed by atoms with E-state index in [1.165, 1.54) is 17.5 Å². The highest BCUT2D eigenvalue weighted by atomic mass is 32.1. The summed E-state index contributed by atoms with van der Waals surface area (Å²) in [5.41, 5.74) is 0. The molecular formula is C10H20BNO3SSi. The number of hydrogen-bond acceptors (Lipinski definition) is 5. The summed E-state index contributed by atoms with van der Waals surface area (Å²) in [6.45, 7) is 11.4. The van der Waals surface area contributed by atoms with Crippen molar-refractivity contribution in [2.75, 3.05) is 0 Å². The largest absolute Gasteiger partial charge is 0.500 e. The van der Waals surface area contributed by atoms with Gasteiger partial charge in [-0.2, -0.15) is 0 Å². The highest BCUT2D eigenvalue weighted by Crippen LogP contribution is 2.37. The lowest BCUT2D eigenvalue weighted by Gasteiger charge is -2.35. The Kier molecular flexibility index (Phi) is 4.54. The van der Waals surface area contributed by atoms with Crippen molar-refractivity contribution in [1.29, 1.82) is 0 Å². The van der Waals surface area contributed by atoms with Gasteiger partial charge in [0.15, 0.2) is 8.32 Å². The van der Waals surface area contributed by atoms with Gasteiger partial charge in [-0.05, 0) is 18.1 Å². The molecule has 7 heteroatoms. The van der Waals surface area contributed by atoms with Crippen molar-refractivity contribution in [1.82, 2.24) is 4.98 Å². The summed E-state index contributed by atoms with van der Waals surface area (Å²) < 4.78 is 6.45. The third kappa shape index (κ3) is 3.89. The van der Waals surface area contributed by atoms with E-state index in [1.54, 1.807) is 0 Å². The molecule has 0 aromatic carbocycles. The van der Waals surface area contributed by atoms with Crippen LogP contribution in [0.4, 0.5) is 0 Å². The maximum Gasteiger partial charge on any atom is 0.500 e. The molecule has 0 saturated carbocycles. The van der Waals surface area contributed by atoms with Gasteiger partial charge in [-0.1, -0.05) is 20.8 Å². The number of rotatable bonds is 4. The monoisotopic (exact) mass is 273 g/mol. The lowest BCUT2D eigenvalue weighted by molar-refractivity contribution is 0.276. The molecule has 17 heavy (non-hydrogen) atoms. The highest BCUT2D eigenvalue weighted by Gasteiger charge is 2.37. The van der Waals surface area contributed by atoms with E-state index < -0.39 is 15.4 Å². The average Bonchev–Trinajstić information content (AvgIpc) is 2.61. The second-order valence-electron chi connectivity index (χ2n) is 5.58. The van der Waals surface area contributed by atoms with Crippen LogP contribution in [0.5, 0.6) is 0 Å². The molecule has 0 aliphatic heterocycles. The van der Waals surface area contributed by atoms with Gasteiger partial charge in [-0.3, -0.25) is 0 Å². The standard InChI is InChI=1S/C10H20BNO3SSi/c1-10(2,3)17(4,5)15-7-9-12-6-8(16-9)11(13)14/h6,13-14H,7H2,1-5H3. The van der Waals surface area contributed by atoms with Gasteiger partial charge >= 0.3 is 7.12 Å². The van der Waals surface area contributed by atoms with Crippen LogP contribution in [-0.2, 0) is 11.0 Å². The molecule has 2 N–H and O–H groups in total. The van der Waals surface area contributed by atoms with Crippen LogP contribution < -0.4 is 4.78 Å². The summed E-state index contributed by atoms with van der Waals surface area (Å²) in [5.74, 6) is 0. The summed E-state index contributed by atoms with van der Waals surface area (Å²) in [6.07, 6.45) is 1.49. The molecular weight excluding hydrogens is 253 g/mol. The van der Waals surface area contributed by atoms with E-state index >= 15 is 0 Å². The number of hydrogen-bond donors (Lipinski definition) is 2. The predicted octanol–water partition coefficient (Wildman–Crippen LogP) is 1.34. The van der Waals surface area contributed by atoms with Crippen molar-refractivity contribution in [3.05, 3.63) is 11.2 Å². The summed E-state index contributed by atoms with van der Waals surface area (Å²) in [5, 5.41) is 18.9. The molecule has 96 valence electrons. The molecule has 0 amide bonds. The van der Waals surface area contributed by atoms with Gasteiger partial charge in [0.2, 0.25) is 0 Å². The molecule has 0 atom stereocenters. The minimum absolute atomic E-state index is 0.170. The van der Waals surface area contributed by atoms with E-state index in [0.29, 0.717) is 11.4 Å². The van der Waals surface area contributed by atoms with Crippen LogP contribution in [0.3, 0.4) is 0 Å². The minimum atomic E-state index is -1.76. The zero-order valence-electron chi connectivity index (χ0n) is 11.0. The van der Waals surface area contributed by atoms with Crippen LogP contribution in [0.15, 0.2) is 6.20 Å². The Morgan fingerprint density at radius 3 is 2.41 bits per heavy atom. The topological polar surface area (TPSA) is 62.6 Å². The van der Waals surface area contributed by atoms with Crippen LogP contribution >= 0.6 is 11.3 Å². The minimum Gasteiger partial charge on any atom is -0.423 e. The zero-order chi connectivity index (χ0) is 13.3. The molecule has 1 aromatic rings. The molecule has 1 rings (SSSR count). The Labute approximate surface area is 108 Å². The molecule has 1 heterocycles. The summed E-state index contributed by atoms with van der Waals surface area (Å²) >= 11 is 1.28. The van der Waals surface area contributed by atoms with Gasteiger partial charge in [0.1, 0.15) is 5.01 Å². The first-order chi connectivity index (χ1) is 7.63. The predicted molar refractivity (Wildman–Crippen MR) is 73.9 cm³/mol. The third-order valence-corrected chi connectivity index (χ3v) is 8.68. The Balaban J connectivity index is 2.61. The molecule has 1 aromatic heterocycles. The summed E-state index contributed by atoms with van der Waals surface area (Å²) in [6, 6.07) is 0. The second kappa shape index (κ2) is 5.19. The molecule has 0 radical (unpaired) electrons. The SMILES string of the molecule is CC(C)(C)[Si](C)(C)OCc1ncc(B(O)O)s1. The average molecular weight is 273 g/mol. The van der Waals surface area contributed by atoms with Gasteiger partial charge in [0.05, 0.1) is 11.4 Å². The fourth-order valence-electron chi connectivity index (χ4n) is 0.969. The van der Waals surface area contributed by atoms with E-state index in [4.69, 9.17) is 14.5 Å². The molecule has 0 aliphatic rings. The lowest BCUT2D eigenvalue weighted by Crippen LogP contribution is -2.40. The summed E-state index contributed by atoms with van der Waals surface area (Å²) in [4.78, 5) is 4.12. The quantitative estimate of drug-likeness (QED) is 0.813. The first-order valence-electron chi connectivity index (χ1n) is 5.58. The van der Waals surface area contributed by atoms with Gasteiger partial charge < -0.3 is 14.5 Å². The van der Waals surface area contributed by atoms with E-state index in [1.807, 2.05) is 0 Å². The Bertz CT molecular complexity index is 376.